The highest BCUT2D eigenvalue weighted by Crippen LogP contribution is 2.42. The van der Waals surface area contributed by atoms with E-state index in [2.05, 4.69) is 34.2 Å². The molecule has 2 amide bonds. The molecule has 4 rings (SSSR count). The van der Waals surface area contributed by atoms with Gasteiger partial charge in [-0.2, -0.15) is 0 Å². The molecule has 1 aliphatic carbocycles. The molecule has 6 heteroatoms. The van der Waals surface area contributed by atoms with Crippen molar-refractivity contribution >= 4 is 6.03 Å². The van der Waals surface area contributed by atoms with Crippen LogP contribution in [-0.4, -0.2) is 79.0 Å². The normalized spacial score (nSPS) is 26.8. The second-order valence-corrected chi connectivity index (χ2v) is 9.02. The van der Waals surface area contributed by atoms with Gasteiger partial charge in [-0.05, 0) is 49.9 Å². The maximum atomic E-state index is 13.0. The minimum Gasteiger partial charge on any atom is -0.395 e. The second kappa shape index (κ2) is 10.5. The van der Waals surface area contributed by atoms with Crippen LogP contribution in [0.5, 0.6) is 0 Å². The first-order chi connectivity index (χ1) is 15.2. The number of amides is 2. The van der Waals surface area contributed by atoms with E-state index in [1.54, 1.807) is 7.11 Å². The number of nitrogens with one attached hydrogen (secondary N) is 1. The van der Waals surface area contributed by atoms with Crippen LogP contribution in [0.15, 0.2) is 24.3 Å². The van der Waals surface area contributed by atoms with Gasteiger partial charge in [-0.25, -0.2) is 4.79 Å². The molecule has 0 spiro atoms. The van der Waals surface area contributed by atoms with Gasteiger partial charge < -0.3 is 20.1 Å². The average molecular weight is 426 g/mol. The topological polar surface area (TPSA) is 65.0 Å². The van der Waals surface area contributed by atoms with Crippen molar-refractivity contribution in [3.8, 4) is 11.8 Å². The number of urea groups is 1. The lowest BCUT2D eigenvalue weighted by molar-refractivity contribution is -0.0591. The SMILES string of the molecule is COCC#Cc1ccc([C@H]2[C@@H](CO)N3CCCCN(C(=O)NC4CCCC4)C[C@H]23)cc1. The van der Waals surface area contributed by atoms with Crippen LogP contribution >= 0.6 is 0 Å². The number of fused-ring (bicyclic) bond motifs is 1. The Kier molecular flexibility index (Phi) is 7.49. The number of aliphatic hydroxyl groups excluding tert-OH is 1. The van der Waals surface area contributed by atoms with Gasteiger partial charge in [0.1, 0.15) is 6.61 Å². The summed E-state index contributed by atoms with van der Waals surface area (Å²) >= 11 is 0. The third kappa shape index (κ3) is 5.06. The molecule has 2 N–H and O–H groups in total. The van der Waals surface area contributed by atoms with E-state index in [4.69, 9.17) is 4.74 Å². The van der Waals surface area contributed by atoms with Gasteiger partial charge in [0, 0.05) is 49.8 Å². The third-order valence-corrected chi connectivity index (χ3v) is 7.08. The van der Waals surface area contributed by atoms with Crippen molar-refractivity contribution in [3.63, 3.8) is 0 Å². The highest BCUT2D eigenvalue weighted by molar-refractivity contribution is 5.74. The maximum absolute atomic E-state index is 13.0. The van der Waals surface area contributed by atoms with E-state index in [9.17, 15) is 9.90 Å². The molecule has 0 bridgehead atoms. The number of hydrogen-bond acceptors (Lipinski definition) is 4. The summed E-state index contributed by atoms with van der Waals surface area (Å²) in [5.74, 6) is 6.32. The van der Waals surface area contributed by atoms with Crippen LogP contribution in [0.25, 0.3) is 0 Å². The molecular formula is C25H35N3O3. The standard InChI is InChI=1S/C25H35N3O3/c1-31-16-6-7-19-10-12-20(13-11-19)24-22-17-27(25(30)26-21-8-2-3-9-21)14-4-5-15-28(22)23(24)18-29/h10-13,21-24,29H,2-5,8-9,14-18H2,1H3,(H,26,30)/t22-,23-,24-/m1/s1. The molecule has 2 saturated heterocycles. The Labute approximate surface area is 185 Å². The van der Waals surface area contributed by atoms with Crippen molar-refractivity contribution in [2.75, 3.05) is 40.0 Å². The zero-order valence-electron chi connectivity index (χ0n) is 18.6. The Morgan fingerprint density at radius 1 is 1.16 bits per heavy atom. The van der Waals surface area contributed by atoms with Crippen molar-refractivity contribution in [1.29, 1.82) is 0 Å². The minimum atomic E-state index is 0.0868. The summed E-state index contributed by atoms with van der Waals surface area (Å²) in [6, 6.07) is 9.13. The molecule has 0 unspecified atom stereocenters. The molecule has 6 nitrogen and oxygen atoms in total. The summed E-state index contributed by atoms with van der Waals surface area (Å²) < 4.78 is 4.99. The van der Waals surface area contributed by atoms with Crippen LogP contribution in [0.1, 0.15) is 55.6 Å². The largest absolute Gasteiger partial charge is 0.395 e. The van der Waals surface area contributed by atoms with Crippen LogP contribution in [-0.2, 0) is 4.74 Å². The Bertz CT molecular complexity index is 794. The quantitative estimate of drug-likeness (QED) is 0.728. The number of ether oxygens (including phenoxy) is 1. The first kappa shape index (κ1) is 22.1. The van der Waals surface area contributed by atoms with Crippen LogP contribution in [0.4, 0.5) is 4.79 Å². The van der Waals surface area contributed by atoms with Crippen LogP contribution < -0.4 is 5.32 Å². The molecule has 0 aromatic heterocycles. The summed E-state index contributed by atoms with van der Waals surface area (Å²) in [4.78, 5) is 17.4. The maximum Gasteiger partial charge on any atom is 0.317 e. The minimum absolute atomic E-state index is 0.0868. The zero-order chi connectivity index (χ0) is 21.6. The fourth-order valence-corrected chi connectivity index (χ4v) is 5.46. The summed E-state index contributed by atoms with van der Waals surface area (Å²) in [5, 5.41) is 13.4. The Morgan fingerprint density at radius 3 is 2.61 bits per heavy atom. The smallest absolute Gasteiger partial charge is 0.317 e. The van der Waals surface area contributed by atoms with Gasteiger partial charge in [0.2, 0.25) is 0 Å². The summed E-state index contributed by atoms with van der Waals surface area (Å²) in [6.07, 6.45) is 6.70. The summed E-state index contributed by atoms with van der Waals surface area (Å²) in [6.45, 7) is 3.09. The van der Waals surface area contributed by atoms with Crippen molar-refractivity contribution in [1.82, 2.24) is 15.1 Å². The fraction of sp³-hybridized carbons (Fsp3) is 0.640. The first-order valence-corrected chi connectivity index (χ1v) is 11.7. The number of hydrogen-bond donors (Lipinski definition) is 2. The molecule has 1 aromatic rings. The van der Waals surface area contributed by atoms with E-state index < -0.39 is 0 Å². The van der Waals surface area contributed by atoms with E-state index in [1.807, 2.05) is 17.0 Å². The van der Waals surface area contributed by atoms with E-state index in [0.29, 0.717) is 12.6 Å². The molecule has 2 heterocycles. The average Bonchev–Trinajstić information content (AvgIpc) is 3.27. The van der Waals surface area contributed by atoms with Gasteiger partial charge in [0.25, 0.3) is 0 Å². The highest BCUT2D eigenvalue weighted by atomic mass is 16.5. The predicted octanol–water partition coefficient (Wildman–Crippen LogP) is 2.56. The molecule has 1 aromatic carbocycles. The number of rotatable bonds is 4. The van der Waals surface area contributed by atoms with Crippen LogP contribution in [0.3, 0.4) is 0 Å². The number of aliphatic hydroxyl groups is 1. The van der Waals surface area contributed by atoms with Gasteiger partial charge >= 0.3 is 6.03 Å². The molecule has 168 valence electrons. The Balaban J connectivity index is 1.47. The number of benzene rings is 1. The number of carbonyl (C=O) groups is 1. The van der Waals surface area contributed by atoms with Gasteiger partial charge in [-0.15, -0.1) is 0 Å². The highest BCUT2D eigenvalue weighted by Gasteiger charge is 2.49. The monoisotopic (exact) mass is 425 g/mol. The van der Waals surface area contributed by atoms with Gasteiger partial charge in [0.05, 0.1) is 6.61 Å². The van der Waals surface area contributed by atoms with Crippen LogP contribution in [0.2, 0.25) is 0 Å². The lowest BCUT2D eigenvalue weighted by atomic mass is 9.74. The lowest BCUT2D eigenvalue weighted by Gasteiger charge is -2.57. The molecule has 3 aliphatic rings. The second-order valence-electron chi connectivity index (χ2n) is 9.02. The molecule has 0 radical (unpaired) electrons. The third-order valence-electron chi connectivity index (χ3n) is 7.08. The Hall–Kier alpha value is -2.07. The van der Waals surface area contributed by atoms with Gasteiger partial charge in [-0.3, -0.25) is 4.90 Å². The lowest BCUT2D eigenvalue weighted by Crippen LogP contribution is -2.68. The molecule has 31 heavy (non-hydrogen) atoms. The number of nitrogens with zero attached hydrogens (tertiary/aromatic N) is 2. The van der Waals surface area contributed by atoms with Crippen molar-refractivity contribution in [3.05, 3.63) is 35.4 Å². The fourth-order valence-electron chi connectivity index (χ4n) is 5.46. The summed E-state index contributed by atoms with van der Waals surface area (Å²) in [7, 11) is 1.64. The van der Waals surface area contributed by atoms with E-state index in [1.165, 1.54) is 18.4 Å². The van der Waals surface area contributed by atoms with Gasteiger partial charge in [-0.1, -0.05) is 36.8 Å². The molecule has 1 saturated carbocycles. The van der Waals surface area contributed by atoms with Crippen molar-refractivity contribution in [2.45, 2.75) is 62.6 Å². The predicted molar refractivity (Wildman–Crippen MR) is 121 cm³/mol. The van der Waals surface area contributed by atoms with E-state index in [-0.39, 0.29) is 30.6 Å². The molecular weight excluding hydrogens is 390 g/mol. The molecule has 3 atom stereocenters. The first-order valence-electron chi connectivity index (χ1n) is 11.7. The van der Waals surface area contributed by atoms with E-state index >= 15 is 0 Å². The molecule has 2 aliphatic heterocycles. The number of carbonyl (C=O) groups excluding carboxylic acids is 1. The van der Waals surface area contributed by atoms with Crippen LogP contribution in [0, 0.1) is 11.8 Å². The van der Waals surface area contributed by atoms with Crippen molar-refractivity contribution < 1.29 is 14.6 Å². The summed E-state index contributed by atoms with van der Waals surface area (Å²) in [5.41, 5.74) is 2.18. The molecule has 3 fully saturated rings. The number of methoxy groups -OCH3 is 1. The van der Waals surface area contributed by atoms with Gasteiger partial charge in [0.15, 0.2) is 0 Å². The van der Waals surface area contributed by atoms with E-state index in [0.717, 1.165) is 50.9 Å². The van der Waals surface area contributed by atoms with Crippen molar-refractivity contribution in [2.24, 2.45) is 0 Å². The Morgan fingerprint density at radius 2 is 1.90 bits per heavy atom. The zero-order valence-corrected chi connectivity index (χ0v) is 18.6.